The van der Waals surface area contributed by atoms with Gasteiger partial charge in [0.1, 0.15) is 17.2 Å². The van der Waals surface area contributed by atoms with Gasteiger partial charge in [0, 0.05) is 18.3 Å². The first-order valence-corrected chi connectivity index (χ1v) is 8.95. The molecule has 1 N–H and O–H groups in total. The van der Waals surface area contributed by atoms with Crippen LogP contribution in [-0.2, 0) is 7.05 Å². The van der Waals surface area contributed by atoms with Crippen LogP contribution in [0.2, 0.25) is 0 Å². The van der Waals surface area contributed by atoms with Crippen LogP contribution in [-0.4, -0.2) is 24.7 Å². The van der Waals surface area contributed by atoms with Crippen molar-refractivity contribution < 1.29 is 0 Å². The number of hydrogen-bond acceptors (Lipinski definition) is 6. The molecule has 0 aliphatic carbocycles. The predicted molar refractivity (Wildman–Crippen MR) is 105 cm³/mol. The van der Waals surface area contributed by atoms with E-state index < -0.39 is 0 Å². The molecule has 0 bridgehead atoms. The lowest BCUT2D eigenvalue weighted by Gasteiger charge is -2.07. The average molecular weight is 358 g/mol. The maximum Gasteiger partial charge on any atom is 0.163 e. The number of anilines is 2. The summed E-state index contributed by atoms with van der Waals surface area (Å²) in [5, 5.41) is 9.52. The number of rotatable bonds is 3. The lowest BCUT2D eigenvalue weighted by molar-refractivity contribution is 0.785. The van der Waals surface area contributed by atoms with Crippen LogP contribution in [0, 0.1) is 0 Å². The maximum absolute atomic E-state index is 4.74. The fraction of sp³-hybridized carbons (Fsp3) is 0.0526. The van der Waals surface area contributed by atoms with Crippen molar-refractivity contribution in [3.63, 3.8) is 0 Å². The summed E-state index contributed by atoms with van der Waals surface area (Å²) in [5.74, 6) is 0.740. The van der Waals surface area contributed by atoms with Gasteiger partial charge in [-0.15, -0.1) is 11.3 Å². The number of benzene rings is 2. The summed E-state index contributed by atoms with van der Waals surface area (Å²) in [6.45, 7) is 0. The standard InChI is InChI=1S/C19H14N6S/c1-25-18-14(10-22-25)17(20-11-21-18)23-13-6-4-5-12(9-13)19-24-15-7-2-3-8-16(15)26-19/h2-11H,1H3,(H,20,21,23). The van der Waals surface area contributed by atoms with Gasteiger partial charge in [0.15, 0.2) is 5.65 Å². The molecule has 126 valence electrons. The second-order valence-electron chi connectivity index (χ2n) is 5.92. The second kappa shape index (κ2) is 5.89. The second-order valence-corrected chi connectivity index (χ2v) is 6.95. The molecular formula is C19H14N6S. The maximum atomic E-state index is 4.74. The number of para-hydroxylation sites is 1. The lowest BCUT2D eigenvalue weighted by Crippen LogP contribution is -1.97. The van der Waals surface area contributed by atoms with E-state index in [4.69, 9.17) is 4.98 Å². The minimum absolute atomic E-state index is 0.740. The Morgan fingerprint density at radius 2 is 1.96 bits per heavy atom. The van der Waals surface area contributed by atoms with Gasteiger partial charge in [-0.1, -0.05) is 24.3 Å². The number of aryl methyl sites for hydroxylation is 1. The molecule has 0 saturated carbocycles. The molecular weight excluding hydrogens is 344 g/mol. The monoisotopic (exact) mass is 358 g/mol. The highest BCUT2D eigenvalue weighted by atomic mass is 32.1. The number of aromatic nitrogens is 5. The molecule has 2 aromatic carbocycles. The molecule has 0 aliphatic rings. The van der Waals surface area contributed by atoms with Crippen molar-refractivity contribution in [2.45, 2.75) is 0 Å². The first-order valence-electron chi connectivity index (χ1n) is 8.14. The molecule has 0 aliphatic heterocycles. The topological polar surface area (TPSA) is 68.5 Å². The lowest BCUT2D eigenvalue weighted by atomic mass is 10.2. The third-order valence-corrected chi connectivity index (χ3v) is 5.28. The van der Waals surface area contributed by atoms with Gasteiger partial charge in [-0.2, -0.15) is 5.10 Å². The SMILES string of the molecule is Cn1ncc2c(Nc3cccc(-c4nc5ccccc5s4)c3)ncnc21. The van der Waals surface area contributed by atoms with Crippen molar-refractivity contribution >= 4 is 44.1 Å². The van der Waals surface area contributed by atoms with Crippen molar-refractivity contribution in [3.05, 3.63) is 61.1 Å². The summed E-state index contributed by atoms with van der Waals surface area (Å²) in [7, 11) is 1.87. The number of nitrogens with zero attached hydrogens (tertiary/aromatic N) is 5. The van der Waals surface area contributed by atoms with Crippen LogP contribution in [0.15, 0.2) is 61.1 Å². The Morgan fingerprint density at radius 1 is 1.04 bits per heavy atom. The van der Waals surface area contributed by atoms with Crippen molar-refractivity contribution in [1.29, 1.82) is 0 Å². The molecule has 3 heterocycles. The van der Waals surface area contributed by atoms with E-state index in [1.165, 1.54) is 4.70 Å². The highest BCUT2D eigenvalue weighted by Gasteiger charge is 2.10. The van der Waals surface area contributed by atoms with Crippen molar-refractivity contribution in [2.75, 3.05) is 5.32 Å². The summed E-state index contributed by atoms with van der Waals surface area (Å²) in [4.78, 5) is 13.4. The Kier molecular flexibility index (Phi) is 3.39. The molecule has 5 rings (SSSR count). The van der Waals surface area contributed by atoms with Crippen LogP contribution in [0.3, 0.4) is 0 Å². The van der Waals surface area contributed by atoms with E-state index in [0.717, 1.165) is 38.6 Å². The molecule has 0 saturated heterocycles. The average Bonchev–Trinajstić information content (AvgIpc) is 3.27. The molecule has 0 unspecified atom stereocenters. The minimum Gasteiger partial charge on any atom is -0.339 e. The van der Waals surface area contributed by atoms with Gasteiger partial charge in [-0.25, -0.2) is 15.0 Å². The van der Waals surface area contributed by atoms with Gasteiger partial charge in [-0.3, -0.25) is 4.68 Å². The van der Waals surface area contributed by atoms with Crippen LogP contribution in [0.25, 0.3) is 31.8 Å². The fourth-order valence-corrected chi connectivity index (χ4v) is 3.89. The molecule has 3 aromatic heterocycles. The number of hydrogen-bond donors (Lipinski definition) is 1. The summed E-state index contributed by atoms with van der Waals surface area (Å²) < 4.78 is 2.92. The zero-order chi connectivity index (χ0) is 17.5. The molecule has 26 heavy (non-hydrogen) atoms. The zero-order valence-electron chi connectivity index (χ0n) is 13.9. The molecule has 0 atom stereocenters. The fourth-order valence-electron chi connectivity index (χ4n) is 2.92. The number of nitrogens with one attached hydrogen (secondary N) is 1. The van der Waals surface area contributed by atoms with E-state index in [2.05, 4.69) is 38.6 Å². The van der Waals surface area contributed by atoms with Crippen LogP contribution in [0.5, 0.6) is 0 Å². The van der Waals surface area contributed by atoms with E-state index in [-0.39, 0.29) is 0 Å². The van der Waals surface area contributed by atoms with E-state index in [9.17, 15) is 0 Å². The van der Waals surface area contributed by atoms with E-state index in [1.54, 1.807) is 28.5 Å². The normalized spacial score (nSPS) is 11.3. The van der Waals surface area contributed by atoms with Crippen molar-refractivity contribution in [1.82, 2.24) is 24.7 Å². The van der Waals surface area contributed by atoms with Gasteiger partial charge in [0.2, 0.25) is 0 Å². The van der Waals surface area contributed by atoms with Crippen LogP contribution in [0.1, 0.15) is 0 Å². The summed E-state index contributed by atoms with van der Waals surface area (Å²) in [6.07, 6.45) is 3.32. The van der Waals surface area contributed by atoms with E-state index in [0.29, 0.717) is 0 Å². The molecule has 6 nitrogen and oxygen atoms in total. The molecule has 0 amide bonds. The van der Waals surface area contributed by atoms with Crippen LogP contribution < -0.4 is 5.32 Å². The van der Waals surface area contributed by atoms with Crippen molar-refractivity contribution in [2.24, 2.45) is 7.05 Å². The highest BCUT2D eigenvalue weighted by Crippen LogP contribution is 2.32. The molecule has 7 heteroatoms. The molecule has 5 aromatic rings. The Bertz CT molecular complexity index is 1210. The quantitative estimate of drug-likeness (QED) is 0.518. The van der Waals surface area contributed by atoms with Gasteiger partial charge in [0.05, 0.1) is 21.8 Å². The Hall–Kier alpha value is -3.32. The van der Waals surface area contributed by atoms with Gasteiger partial charge >= 0.3 is 0 Å². The molecule has 0 spiro atoms. The number of fused-ring (bicyclic) bond motifs is 2. The largest absolute Gasteiger partial charge is 0.339 e. The third-order valence-electron chi connectivity index (χ3n) is 4.20. The third kappa shape index (κ3) is 2.49. The minimum atomic E-state index is 0.740. The van der Waals surface area contributed by atoms with Gasteiger partial charge < -0.3 is 5.32 Å². The van der Waals surface area contributed by atoms with Crippen molar-refractivity contribution in [3.8, 4) is 10.6 Å². The summed E-state index contributed by atoms with van der Waals surface area (Å²) >= 11 is 1.69. The first-order chi connectivity index (χ1) is 12.8. The first kappa shape index (κ1) is 15.0. The highest BCUT2D eigenvalue weighted by molar-refractivity contribution is 7.21. The Balaban J connectivity index is 1.53. The van der Waals surface area contributed by atoms with E-state index in [1.807, 2.05) is 37.4 Å². The smallest absolute Gasteiger partial charge is 0.163 e. The molecule has 0 fully saturated rings. The Labute approximate surface area is 153 Å². The zero-order valence-corrected chi connectivity index (χ0v) is 14.7. The Morgan fingerprint density at radius 3 is 2.88 bits per heavy atom. The number of thiazole rings is 1. The predicted octanol–water partition coefficient (Wildman–Crippen LogP) is 4.38. The van der Waals surface area contributed by atoms with E-state index >= 15 is 0 Å². The van der Waals surface area contributed by atoms with Crippen LogP contribution in [0.4, 0.5) is 11.5 Å². The van der Waals surface area contributed by atoms with Crippen LogP contribution >= 0.6 is 11.3 Å². The summed E-state index contributed by atoms with van der Waals surface area (Å²) in [5.41, 5.74) is 3.85. The van der Waals surface area contributed by atoms with Gasteiger partial charge in [-0.05, 0) is 24.3 Å². The summed E-state index contributed by atoms with van der Waals surface area (Å²) in [6, 6.07) is 16.4. The molecule has 0 radical (unpaired) electrons. The van der Waals surface area contributed by atoms with Gasteiger partial charge in [0.25, 0.3) is 0 Å².